The van der Waals surface area contributed by atoms with E-state index in [0.717, 1.165) is 24.0 Å². The molecular formula is C10H12N2O2. The number of nitro groups is 1. The monoisotopic (exact) mass is 192 g/mol. The number of rotatable bonds is 2. The van der Waals surface area contributed by atoms with Crippen LogP contribution in [0.3, 0.4) is 0 Å². The van der Waals surface area contributed by atoms with Crippen molar-refractivity contribution in [3.63, 3.8) is 0 Å². The summed E-state index contributed by atoms with van der Waals surface area (Å²) >= 11 is 0. The van der Waals surface area contributed by atoms with E-state index in [0.29, 0.717) is 12.5 Å². The van der Waals surface area contributed by atoms with Crippen molar-refractivity contribution in [1.29, 1.82) is 0 Å². The second-order valence-electron chi connectivity index (χ2n) is 3.68. The lowest BCUT2D eigenvalue weighted by atomic mass is 10.1. The van der Waals surface area contributed by atoms with Gasteiger partial charge in [-0.2, -0.15) is 0 Å². The van der Waals surface area contributed by atoms with Gasteiger partial charge >= 0.3 is 0 Å². The highest BCUT2D eigenvalue weighted by molar-refractivity contribution is 5.48. The molecule has 2 rings (SSSR count). The Morgan fingerprint density at radius 2 is 2.29 bits per heavy atom. The number of benzene rings is 1. The number of nitrogens with zero attached hydrogens (tertiary/aromatic N) is 1. The van der Waals surface area contributed by atoms with Crippen molar-refractivity contribution in [2.45, 2.75) is 12.8 Å². The summed E-state index contributed by atoms with van der Waals surface area (Å²) in [5.41, 5.74) is 7.79. The Morgan fingerprint density at radius 1 is 1.50 bits per heavy atom. The summed E-state index contributed by atoms with van der Waals surface area (Å²) in [6.07, 6.45) is 1.64. The van der Waals surface area contributed by atoms with Crippen LogP contribution in [0.25, 0.3) is 0 Å². The van der Waals surface area contributed by atoms with Crippen LogP contribution in [-0.2, 0) is 12.8 Å². The first-order valence-corrected chi connectivity index (χ1v) is 4.67. The van der Waals surface area contributed by atoms with Crippen molar-refractivity contribution in [2.24, 2.45) is 11.7 Å². The second kappa shape index (κ2) is 3.38. The molecule has 2 N–H and O–H groups in total. The zero-order valence-electron chi connectivity index (χ0n) is 7.77. The molecule has 4 nitrogen and oxygen atoms in total. The van der Waals surface area contributed by atoms with Crippen molar-refractivity contribution in [3.05, 3.63) is 39.4 Å². The normalized spacial score (nSPS) is 19.4. The topological polar surface area (TPSA) is 69.2 Å². The van der Waals surface area contributed by atoms with Crippen LogP contribution in [0.5, 0.6) is 0 Å². The summed E-state index contributed by atoms with van der Waals surface area (Å²) in [5, 5.41) is 10.7. The molecule has 0 heterocycles. The minimum atomic E-state index is -0.308. The molecule has 14 heavy (non-hydrogen) atoms. The third-order valence-electron chi connectivity index (χ3n) is 2.78. The summed E-state index contributed by atoms with van der Waals surface area (Å²) in [6.45, 7) is 0.603. The van der Waals surface area contributed by atoms with Gasteiger partial charge in [-0.15, -0.1) is 0 Å². The van der Waals surface area contributed by atoms with Gasteiger partial charge in [0.1, 0.15) is 0 Å². The average Bonchev–Trinajstić information content (AvgIpc) is 2.59. The summed E-state index contributed by atoms with van der Waals surface area (Å²) in [7, 11) is 0. The number of nitrogens with two attached hydrogens (primary N) is 1. The van der Waals surface area contributed by atoms with Crippen molar-refractivity contribution >= 4 is 5.69 Å². The molecule has 0 amide bonds. The summed E-state index contributed by atoms with van der Waals surface area (Å²) in [4.78, 5) is 10.4. The van der Waals surface area contributed by atoms with Gasteiger partial charge in [0.2, 0.25) is 0 Å². The molecule has 0 fully saturated rings. The number of hydrogen-bond acceptors (Lipinski definition) is 3. The third-order valence-corrected chi connectivity index (χ3v) is 2.78. The molecule has 0 radical (unpaired) electrons. The Labute approximate surface area is 81.9 Å². The molecule has 1 atom stereocenters. The molecule has 0 aliphatic heterocycles. The fraction of sp³-hybridized carbons (Fsp3) is 0.400. The van der Waals surface area contributed by atoms with Gasteiger partial charge in [-0.25, -0.2) is 0 Å². The molecule has 1 aromatic rings. The van der Waals surface area contributed by atoms with E-state index in [1.165, 1.54) is 0 Å². The maximum Gasteiger partial charge on any atom is 0.272 e. The molecule has 0 spiro atoms. The van der Waals surface area contributed by atoms with Crippen molar-refractivity contribution in [2.75, 3.05) is 6.54 Å². The van der Waals surface area contributed by atoms with E-state index >= 15 is 0 Å². The molecule has 1 aliphatic rings. The van der Waals surface area contributed by atoms with Gasteiger partial charge in [0, 0.05) is 11.6 Å². The summed E-state index contributed by atoms with van der Waals surface area (Å²) in [6, 6.07) is 5.27. The van der Waals surface area contributed by atoms with Gasteiger partial charge < -0.3 is 5.73 Å². The van der Waals surface area contributed by atoms with E-state index in [1.807, 2.05) is 6.07 Å². The molecule has 0 unspecified atom stereocenters. The lowest BCUT2D eigenvalue weighted by molar-refractivity contribution is -0.385. The smallest absolute Gasteiger partial charge is 0.272 e. The van der Waals surface area contributed by atoms with Crippen LogP contribution in [0.2, 0.25) is 0 Å². The van der Waals surface area contributed by atoms with Crippen LogP contribution in [0.1, 0.15) is 11.1 Å². The predicted octanol–water partition coefficient (Wildman–Crippen LogP) is 1.27. The minimum Gasteiger partial charge on any atom is -0.330 e. The molecule has 0 saturated heterocycles. The van der Waals surface area contributed by atoms with E-state index in [-0.39, 0.29) is 10.6 Å². The maximum absolute atomic E-state index is 10.7. The quantitative estimate of drug-likeness (QED) is 0.566. The number of hydrogen-bond donors (Lipinski definition) is 1. The zero-order valence-corrected chi connectivity index (χ0v) is 7.77. The Hall–Kier alpha value is -1.42. The summed E-state index contributed by atoms with van der Waals surface area (Å²) < 4.78 is 0. The second-order valence-corrected chi connectivity index (χ2v) is 3.68. The summed E-state index contributed by atoms with van der Waals surface area (Å²) in [5.74, 6) is 0.381. The van der Waals surface area contributed by atoms with Crippen molar-refractivity contribution < 1.29 is 4.92 Å². The van der Waals surface area contributed by atoms with Crippen LogP contribution >= 0.6 is 0 Å². The van der Waals surface area contributed by atoms with Crippen LogP contribution in [0.15, 0.2) is 18.2 Å². The molecule has 0 saturated carbocycles. The zero-order chi connectivity index (χ0) is 10.1. The first kappa shape index (κ1) is 9.15. The first-order valence-electron chi connectivity index (χ1n) is 4.67. The molecule has 4 heteroatoms. The highest BCUT2D eigenvalue weighted by Gasteiger charge is 2.26. The van der Waals surface area contributed by atoms with Crippen molar-refractivity contribution in [1.82, 2.24) is 0 Å². The molecule has 1 aliphatic carbocycles. The standard InChI is InChI=1S/C10H12N2O2/c11-6-7-4-8-2-1-3-10(12(13)14)9(8)5-7/h1-3,7H,4-6,11H2/t7-/m1/s1. The van der Waals surface area contributed by atoms with Crippen LogP contribution in [0, 0.1) is 16.0 Å². The Balaban J connectivity index is 2.41. The molecule has 74 valence electrons. The van der Waals surface area contributed by atoms with Gasteiger partial charge in [-0.1, -0.05) is 12.1 Å². The molecule has 0 bridgehead atoms. The predicted molar refractivity (Wildman–Crippen MR) is 53.0 cm³/mol. The largest absolute Gasteiger partial charge is 0.330 e. The van der Waals surface area contributed by atoms with E-state index in [9.17, 15) is 10.1 Å². The van der Waals surface area contributed by atoms with Crippen LogP contribution < -0.4 is 5.73 Å². The number of nitro benzene ring substituents is 1. The highest BCUT2D eigenvalue weighted by atomic mass is 16.6. The number of fused-ring (bicyclic) bond motifs is 1. The maximum atomic E-state index is 10.7. The average molecular weight is 192 g/mol. The Morgan fingerprint density at radius 3 is 2.93 bits per heavy atom. The van der Waals surface area contributed by atoms with E-state index < -0.39 is 0 Å². The SMILES string of the molecule is NC[C@@H]1Cc2cccc([N+](=O)[O-])c2C1. The molecule has 0 aromatic heterocycles. The third kappa shape index (κ3) is 1.37. The lowest BCUT2D eigenvalue weighted by Crippen LogP contribution is -2.13. The molecule has 1 aromatic carbocycles. The van der Waals surface area contributed by atoms with Crippen LogP contribution in [0.4, 0.5) is 5.69 Å². The van der Waals surface area contributed by atoms with Crippen LogP contribution in [-0.4, -0.2) is 11.5 Å². The van der Waals surface area contributed by atoms with E-state index in [1.54, 1.807) is 12.1 Å². The lowest BCUT2D eigenvalue weighted by Gasteiger charge is -2.01. The van der Waals surface area contributed by atoms with Gasteiger partial charge in [0.25, 0.3) is 5.69 Å². The highest BCUT2D eigenvalue weighted by Crippen LogP contribution is 2.32. The fourth-order valence-electron chi connectivity index (χ4n) is 2.06. The van der Waals surface area contributed by atoms with Gasteiger partial charge in [-0.05, 0) is 30.9 Å². The van der Waals surface area contributed by atoms with Crippen molar-refractivity contribution in [3.8, 4) is 0 Å². The van der Waals surface area contributed by atoms with Gasteiger partial charge in [0.05, 0.1) is 4.92 Å². The minimum absolute atomic E-state index is 0.249. The van der Waals surface area contributed by atoms with E-state index in [2.05, 4.69) is 0 Å². The fourth-order valence-corrected chi connectivity index (χ4v) is 2.06. The van der Waals surface area contributed by atoms with E-state index in [4.69, 9.17) is 5.73 Å². The Kier molecular flexibility index (Phi) is 2.21. The Bertz CT molecular complexity index is 376. The molecular weight excluding hydrogens is 180 g/mol. The first-order chi connectivity index (χ1) is 6.72. The van der Waals surface area contributed by atoms with Gasteiger partial charge in [0.15, 0.2) is 0 Å². The van der Waals surface area contributed by atoms with Gasteiger partial charge in [-0.3, -0.25) is 10.1 Å².